The van der Waals surface area contributed by atoms with E-state index >= 15 is 0 Å². The second-order valence-corrected chi connectivity index (χ2v) is 5.88. The number of halogens is 5. The summed E-state index contributed by atoms with van der Waals surface area (Å²) >= 11 is 0. The molecule has 4 nitrogen and oxygen atoms in total. The summed E-state index contributed by atoms with van der Waals surface area (Å²) in [7, 11) is 0. The maximum absolute atomic E-state index is 12.5. The van der Waals surface area contributed by atoms with E-state index in [9.17, 15) is 18.3 Å². The molecule has 0 spiro atoms. The first kappa shape index (κ1) is 24.1. The molecule has 1 aromatic carbocycles. The lowest BCUT2D eigenvalue weighted by molar-refractivity contribution is -0.274. The predicted octanol–water partition coefficient (Wildman–Crippen LogP) is 4.13. The van der Waals surface area contributed by atoms with E-state index in [0.717, 1.165) is 38.7 Å². The molecule has 0 aromatic heterocycles. The maximum Gasteiger partial charge on any atom is 0.573 e. The van der Waals surface area contributed by atoms with Gasteiger partial charge in [-0.1, -0.05) is 20.3 Å². The molecule has 1 aliphatic rings. The molecule has 0 bridgehead atoms. The Bertz CT molecular complexity index is 527. The molecule has 146 valence electrons. The second-order valence-electron chi connectivity index (χ2n) is 5.88. The van der Waals surface area contributed by atoms with Crippen LogP contribution >= 0.6 is 24.8 Å². The van der Waals surface area contributed by atoms with Gasteiger partial charge in [0.05, 0.1) is 0 Å². The minimum absolute atomic E-state index is 0. The number of alkyl halides is 3. The Kier molecular flexibility index (Phi) is 9.94. The monoisotopic (exact) mass is 404 g/mol. The van der Waals surface area contributed by atoms with Crippen molar-refractivity contribution in [2.24, 2.45) is 5.92 Å². The van der Waals surface area contributed by atoms with E-state index in [1.54, 1.807) is 0 Å². The fraction of sp³-hybridized carbons (Fsp3) is 0.625. The number of piperazine rings is 1. The van der Waals surface area contributed by atoms with Crippen LogP contribution in [0.15, 0.2) is 18.2 Å². The van der Waals surface area contributed by atoms with Crippen LogP contribution in [0.3, 0.4) is 0 Å². The highest BCUT2D eigenvalue weighted by atomic mass is 35.5. The van der Waals surface area contributed by atoms with Crippen molar-refractivity contribution in [2.45, 2.75) is 32.7 Å². The summed E-state index contributed by atoms with van der Waals surface area (Å²) in [6, 6.07) is 3.58. The van der Waals surface area contributed by atoms with Gasteiger partial charge in [-0.05, 0) is 24.1 Å². The first-order chi connectivity index (χ1) is 10.8. The van der Waals surface area contributed by atoms with Gasteiger partial charge in [-0.25, -0.2) is 0 Å². The molecular weight excluding hydrogens is 380 g/mol. The van der Waals surface area contributed by atoms with Crippen LogP contribution in [0.4, 0.5) is 13.2 Å². The first-order valence-electron chi connectivity index (χ1n) is 7.85. The van der Waals surface area contributed by atoms with E-state index in [0.29, 0.717) is 5.56 Å². The number of hydrogen-bond donors (Lipinski definition) is 2. The normalized spacial score (nSPS) is 17.8. The molecular formula is C16H25Cl2F3N2O2. The zero-order valence-corrected chi connectivity index (χ0v) is 15.8. The number of phenols is 1. The van der Waals surface area contributed by atoms with Gasteiger partial charge in [0.25, 0.3) is 0 Å². The molecule has 1 unspecified atom stereocenters. The highest BCUT2D eigenvalue weighted by Crippen LogP contribution is 2.38. The molecule has 2 N–H and O–H groups in total. The van der Waals surface area contributed by atoms with Crippen LogP contribution in [0.2, 0.25) is 0 Å². The lowest BCUT2D eigenvalue weighted by atomic mass is 9.90. The molecule has 0 amide bonds. The zero-order chi connectivity index (χ0) is 17.0. The number of benzene rings is 1. The summed E-state index contributed by atoms with van der Waals surface area (Å²) in [5.74, 6) is -0.0998. The van der Waals surface area contributed by atoms with E-state index in [1.807, 2.05) is 13.8 Å². The van der Waals surface area contributed by atoms with Crippen molar-refractivity contribution < 1.29 is 23.0 Å². The number of nitrogens with one attached hydrogen (secondary N) is 1. The van der Waals surface area contributed by atoms with Crippen molar-refractivity contribution in [3.05, 3.63) is 23.8 Å². The fourth-order valence-electron chi connectivity index (χ4n) is 3.01. The first-order valence-corrected chi connectivity index (χ1v) is 7.85. The van der Waals surface area contributed by atoms with Gasteiger partial charge in [-0.15, -0.1) is 38.0 Å². The van der Waals surface area contributed by atoms with Crippen LogP contribution in [0.1, 0.15) is 31.9 Å². The smallest absolute Gasteiger partial charge is 0.508 e. The van der Waals surface area contributed by atoms with Gasteiger partial charge in [0.2, 0.25) is 0 Å². The molecule has 1 aromatic rings. The van der Waals surface area contributed by atoms with Crippen LogP contribution in [-0.2, 0) is 0 Å². The summed E-state index contributed by atoms with van der Waals surface area (Å²) in [4.78, 5) is 2.21. The minimum atomic E-state index is -4.74. The number of rotatable bonds is 5. The molecule has 1 heterocycles. The number of phenolic OH excluding ortho intramolecular Hbond substituents is 1. The molecule has 25 heavy (non-hydrogen) atoms. The fourth-order valence-corrected chi connectivity index (χ4v) is 3.01. The summed E-state index contributed by atoms with van der Waals surface area (Å²) in [5, 5.41) is 13.5. The molecule has 2 atom stereocenters. The van der Waals surface area contributed by atoms with Crippen LogP contribution in [0.5, 0.6) is 11.5 Å². The minimum Gasteiger partial charge on any atom is -0.508 e. The Hall–Kier alpha value is -0.890. The van der Waals surface area contributed by atoms with Gasteiger partial charge in [-0.3, -0.25) is 4.90 Å². The van der Waals surface area contributed by atoms with Gasteiger partial charge in [-0.2, -0.15) is 0 Å². The Morgan fingerprint density at radius 3 is 2.36 bits per heavy atom. The van der Waals surface area contributed by atoms with E-state index < -0.39 is 6.36 Å². The van der Waals surface area contributed by atoms with Crippen molar-refractivity contribution in [2.75, 3.05) is 26.2 Å². The lowest BCUT2D eigenvalue weighted by Gasteiger charge is -2.38. The summed E-state index contributed by atoms with van der Waals surface area (Å²) in [5.41, 5.74) is 0.489. The average Bonchev–Trinajstić information content (AvgIpc) is 2.50. The Morgan fingerprint density at radius 1 is 1.24 bits per heavy atom. The Labute approximate surface area is 158 Å². The number of aromatic hydroxyl groups is 1. The highest BCUT2D eigenvalue weighted by Gasteiger charge is 2.33. The van der Waals surface area contributed by atoms with E-state index in [1.165, 1.54) is 12.1 Å². The SMILES string of the molecule is CCC(C)[C@@H](c1cc(OC(F)(F)F)ccc1O)N1CCNCC1.Cl.Cl. The van der Waals surface area contributed by atoms with Crippen molar-refractivity contribution in [3.63, 3.8) is 0 Å². The molecule has 9 heteroatoms. The van der Waals surface area contributed by atoms with Crippen molar-refractivity contribution in [1.82, 2.24) is 10.2 Å². The quantitative estimate of drug-likeness (QED) is 0.774. The third kappa shape index (κ3) is 6.73. The molecule has 0 aliphatic carbocycles. The molecule has 1 fully saturated rings. The molecule has 1 aliphatic heterocycles. The van der Waals surface area contributed by atoms with Crippen LogP contribution in [0, 0.1) is 5.92 Å². The highest BCUT2D eigenvalue weighted by molar-refractivity contribution is 5.85. The van der Waals surface area contributed by atoms with Crippen molar-refractivity contribution >= 4 is 24.8 Å². The van der Waals surface area contributed by atoms with E-state index in [-0.39, 0.29) is 48.3 Å². The molecule has 0 radical (unpaired) electrons. The maximum atomic E-state index is 12.5. The zero-order valence-electron chi connectivity index (χ0n) is 14.2. The second kappa shape index (κ2) is 10.3. The van der Waals surface area contributed by atoms with Gasteiger partial charge >= 0.3 is 6.36 Å². The standard InChI is InChI=1S/C16H23F3N2O2.2ClH/c1-3-11(2)15(21-8-6-20-7-9-21)13-10-12(4-5-14(13)22)23-16(17,18)19;;/h4-5,10-11,15,20,22H,3,6-9H2,1-2H3;2*1H/t11?,15-;;/m0../s1. The van der Waals surface area contributed by atoms with Gasteiger partial charge in [0.1, 0.15) is 11.5 Å². The lowest BCUT2D eigenvalue weighted by Crippen LogP contribution is -2.46. The van der Waals surface area contributed by atoms with Crippen LogP contribution in [-0.4, -0.2) is 42.5 Å². The predicted molar refractivity (Wildman–Crippen MR) is 95.9 cm³/mol. The average molecular weight is 405 g/mol. The van der Waals surface area contributed by atoms with Crippen LogP contribution < -0.4 is 10.1 Å². The van der Waals surface area contributed by atoms with Crippen molar-refractivity contribution in [1.29, 1.82) is 0 Å². The summed E-state index contributed by atoms with van der Waals surface area (Å²) < 4.78 is 41.4. The number of nitrogens with zero attached hydrogens (tertiary/aromatic N) is 1. The molecule has 2 rings (SSSR count). The molecule has 0 saturated carbocycles. The van der Waals surface area contributed by atoms with Gasteiger partial charge < -0.3 is 15.2 Å². The number of ether oxygens (including phenoxy) is 1. The van der Waals surface area contributed by atoms with Crippen LogP contribution in [0.25, 0.3) is 0 Å². The Morgan fingerprint density at radius 2 is 1.84 bits per heavy atom. The third-order valence-electron chi connectivity index (χ3n) is 4.28. The summed E-state index contributed by atoms with van der Waals surface area (Å²) in [6.45, 7) is 7.31. The summed E-state index contributed by atoms with van der Waals surface area (Å²) in [6.07, 6.45) is -3.88. The van der Waals surface area contributed by atoms with Crippen molar-refractivity contribution in [3.8, 4) is 11.5 Å². The third-order valence-corrected chi connectivity index (χ3v) is 4.28. The van der Waals surface area contributed by atoms with E-state index in [4.69, 9.17) is 0 Å². The topological polar surface area (TPSA) is 44.7 Å². The number of hydrogen-bond acceptors (Lipinski definition) is 4. The van der Waals surface area contributed by atoms with E-state index in [2.05, 4.69) is 15.0 Å². The Balaban J connectivity index is 0.00000288. The van der Waals surface area contributed by atoms with Gasteiger partial charge in [0, 0.05) is 37.8 Å². The van der Waals surface area contributed by atoms with Gasteiger partial charge in [0.15, 0.2) is 0 Å². The largest absolute Gasteiger partial charge is 0.573 e. The molecule has 1 saturated heterocycles.